The minimum Gasteiger partial charge on any atom is -0.363 e. The highest BCUT2D eigenvalue weighted by Crippen LogP contribution is 2.43. The van der Waals surface area contributed by atoms with Crippen LogP contribution in [-0.4, -0.2) is 77.1 Å². The number of hydrogen-bond donors (Lipinski definition) is 5. The highest BCUT2D eigenvalue weighted by atomic mass is 16.2. The van der Waals surface area contributed by atoms with Gasteiger partial charge < -0.3 is 31.9 Å². The van der Waals surface area contributed by atoms with Gasteiger partial charge in [0.05, 0.1) is 6.04 Å². The van der Waals surface area contributed by atoms with E-state index < -0.39 is 58.6 Å². The van der Waals surface area contributed by atoms with Gasteiger partial charge >= 0.3 is 6.03 Å². The third-order valence-electron chi connectivity index (χ3n) is 7.88. The van der Waals surface area contributed by atoms with E-state index >= 15 is 0 Å². The number of carbonyl (C=O) groups excluding carboxylic acids is 6. The number of amides is 6. The minimum absolute atomic E-state index is 0.0484. The Morgan fingerprint density at radius 3 is 2.23 bits per heavy atom. The van der Waals surface area contributed by atoms with Gasteiger partial charge in [-0.15, -0.1) is 0 Å². The molecule has 12 heteroatoms. The van der Waals surface area contributed by atoms with E-state index in [0.29, 0.717) is 19.5 Å². The third kappa shape index (κ3) is 7.27. The minimum atomic E-state index is -1.27. The lowest BCUT2D eigenvalue weighted by Gasteiger charge is -2.37. The topological polar surface area (TPSA) is 180 Å². The first-order valence-corrected chi connectivity index (χ1v) is 13.8. The summed E-state index contributed by atoms with van der Waals surface area (Å²) < 4.78 is 0. The summed E-state index contributed by atoms with van der Waals surface area (Å²) >= 11 is 0. The van der Waals surface area contributed by atoms with Crippen LogP contribution in [0.4, 0.5) is 4.79 Å². The van der Waals surface area contributed by atoms with Crippen molar-refractivity contribution in [1.29, 1.82) is 0 Å². The quantitative estimate of drug-likeness (QED) is 0.270. The molecule has 2 heterocycles. The van der Waals surface area contributed by atoms with Gasteiger partial charge in [0, 0.05) is 24.5 Å². The molecule has 6 amide bonds. The molecule has 1 saturated carbocycles. The Labute approximate surface area is 229 Å². The van der Waals surface area contributed by atoms with Crippen LogP contribution in [0.3, 0.4) is 0 Å². The Morgan fingerprint density at radius 1 is 1.03 bits per heavy atom. The first-order valence-electron chi connectivity index (χ1n) is 13.8. The molecule has 2 saturated heterocycles. The van der Waals surface area contributed by atoms with Crippen LogP contribution in [0.1, 0.15) is 73.6 Å². The van der Waals surface area contributed by atoms with E-state index in [2.05, 4.69) is 21.3 Å². The van der Waals surface area contributed by atoms with Crippen LogP contribution >= 0.6 is 0 Å². The average molecular weight is 549 g/mol. The van der Waals surface area contributed by atoms with E-state index in [-0.39, 0.29) is 30.1 Å². The van der Waals surface area contributed by atoms with Crippen molar-refractivity contribution in [3.8, 4) is 0 Å². The molecule has 3 fully saturated rings. The molecule has 0 spiro atoms. The molecule has 2 aliphatic heterocycles. The van der Waals surface area contributed by atoms with Crippen LogP contribution in [0.25, 0.3) is 0 Å². The maximum absolute atomic E-state index is 14.0. The van der Waals surface area contributed by atoms with Crippen LogP contribution in [0.15, 0.2) is 0 Å². The predicted octanol–water partition coefficient (Wildman–Crippen LogP) is 0.191. The summed E-state index contributed by atoms with van der Waals surface area (Å²) in [4.78, 5) is 78.6. The van der Waals surface area contributed by atoms with Crippen molar-refractivity contribution < 1.29 is 28.8 Å². The summed E-state index contributed by atoms with van der Waals surface area (Å²) in [5.74, 6) is -3.88. The molecular weight excluding hydrogens is 504 g/mol. The molecule has 39 heavy (non-hydrogen) atoms. The number of hydrogen-bond acceptors (Lipinski definition) is 6. The number of nitrogens with zero attached hydrogens (tertiary/aromatic N) is 1. The molecule has 0 aromatic carbocycles. The average Bonchev–Trinajstić information content (AvgIpc) is 3.50. The summed E-state index contributed by atoms with van der Waals surface area (Å²) in [6, 6.07) is -3.55. The van der Waals surface area contributed by atoms with Crippen LogP contribution in [-0.2, 0) is 24.0 Å². The van der Waals surface area contributed by atoms with E-state index in [9.17, 15) is 28.8 Å². The van der Waals surface area contributed by atoms with E-state index in [4.69, 9.17) is 5.73 Å². The number of urea groups is 1. The fourth-order valence-corrected chi connectivity index (χ4v) is 6.01. The lowest BCUT2D eigenvalue weighted by molar-refractivity contribution is -0.144. The van der Waals surface area contributed by atoms with Crippen LogP contribution in [0.2, 0.25) is 0 Å². The number of rotatable bonds is 8. The first kappa shape index (κ1) is 30.4. The molecule has 12 nitrogen and oxygen atoms in total. The van der Waals surface area contributed by atoms with Gasteiger partial charge in [-0.3, -0.25) is 24.0 Å². The normalized spacial score (nSPS) is 26.3. The second-order valence-corrected chi connectivity index (χ2v) is 13.2. The monoisotopic (exact) mass is 548 g/mol. The van der Waals surface area contributed by atoms with Crippen molar-refractivity contribution in [3.05, 3.63) is 0 Å². The highest BCUT2D eigenvalue weighted by molar-refractivity contribution is 6.38. The zero-order chi connectivity index (χ0) is 29.3. The summed E-state index contributed by atoms with van der Waals surface area (Å²) in [6.45, 7) is 11.8. The molecule has 0 unspecified atom stereocenters. The lowest BCUT2D eigenvalue weighted by atomic mass is 9.85. The molecule has 218 valence electrons. The van der Waals surface area contributed by atoms with Gasteiger partial charge in [0.15, 0.2) is 0 Å². The molecule has 6 atom stereocenters. The SMILES string of the molecule is CC(C)(C)NC(=O)N[C@H](C(=O)N1C[C@@H]2CCC[C@@H]2[C@H]1C(=O)N[C@@H](C[C@@H]1CCNC1=O)C(=O)C(N)=O)C(C)(C)C. The second kappa shape index (κ2) is 11.5. The molecule has 0 aromatic rings. The summed E-state index contributed by atoms with van der Waals surface area (Å²) in [5.41, 5.74) is 4.09. The molecule has 6 N–H and O–H groups in total. The van der Waals surface area contributed by atoms with Crippen LogP contribution in [0, 0.1) is 23.2 Å². The van der Waals surface area contributed by atoms with Gasteiger partial charge in [-0.1, -0.05) is 27.2 Å². The number of carbonyl (C=O) groups is 6. The molecule has 3 aliphatic rings. The zero-order valence-electron chi connectivity index (χ0n) is 23.9. The number of fused-ring (bicyclic) bond motifs is 1. The Hall–Kier alpha value is -3.18. The molecule has 0 bridgehead atoms. The molecular formula is C27H44N6O6. The van der Waals surface area contributed by atoms with Gasteiger partial charge in [-0.2, -0.15) is 0 Å². The van der Waals surface area contributed by atoms with Gasteiger partial charge in [0.2, 0.25) is 23.5 Å². The number of nitrogens with two attached hydrogens (primary N) is 1. The number of primary amides is 1. The van der Waals surface area contributed by atoms with E-state index in [0.717, 1.165) is 19.3 Å². The smallest absolute Gasteiger partial charge is 0.315 e. The maximum Gasteiger partial charge on any atom is 0.315 e. The largest absolute Gasteiger partial charge is 0.363 e. The number of ketones is 1. The van der Waals surface area contributed by atoms with E-state index in [1.54, 1.807) is 0 Å². The van der Waals surface area contributed by atoms with Gasteiger partial charge in [0.1, 0.15) is 12.1 Å². The van der Waals surface area contributed by atoms with Crippen molar-refractivity contribution in [2.24, 2.45) is 28.9 Å². The van der Waals surface area contributed by atoms with Crippen molar-refractivity contribution in [3.63, 3.8) is 0 Å². The van der Waals surface area contributed by atoms with E-state index in [1.165, 1.54) is 4.90 Å². The lowest BCUT2D eigenvalue weighted by Crippen LogP contribution is -2.61. The second-order valence-electron chi connectivity index (χ2n) is 13.2. The predicted molar refractivity (Wildman–Crippen MR) is 143 cm³/mol. The fourth-order valence-electron chi connectivity index (χ4n) is 6.01. The van der Waals surface area contributed by atoms with Crippen molar-refractivity contribution >= 4 is 35.4 Å². The molecule has 1 aliphatic carbocycles. The van der Waals surface area contributed by atoms with Crippen LogP contribution in [0.5, 0.6) is 0 Å². The van der Waals surface area contributed by atoms with Crippen molar-refractivity contribution in [1.82, 2.24) is 26.2 Å². The third-order valence-corrected chi connectivity index (χ3v) is 7.88. The summed E-state index contributed by atoms with van der Waals surface area (Å²) in [5, 5.41) is 11.0. The van der Waals surface area contributed by atoms with Crippen molar-refractivity contribution in [2.45, 2.75) is 97.3 Å². The Kier molecular flexibility index (Phi) is 8.96. The molecule has 0 radical (unpaired) electrons. The number of nitrogens with one attached hydrogen (secondary N) is 4. The van der Waals surface area contributed by atoms with Gasteiger partial charge in [-0.25, -0.2) is 4.79 Å². The Balaban J connectivity index is 1.86. The molecule has 0 aromatic heterocycles. The Morgan fingerprint density at radius 2 is 1.69 bits per heavy atom. The number of Topliss-reactive ketones (excluding diaryl/α,β-unsaturated/α-hetero) is 1. The van der Waals surface area contributed by atoms with E-state index in [1.807, 2.05) is 41.5 Å². The Bertz CT molecular complexity index is 1020. The molecule has 3 rings (SSSR count). The van der Waals surface area contributed by atoms with Crippen molar-refractivity contribution in [2.75, 3.05) is 13.1 Å². The maximum atomic E-state index is 14.0. The zero-order valence-corrected chi connectivity index (χ0v) is 23.9. The summed E-state index contributed by atoms with van der Waals surface area (Å²) in [7, 11) is 0. The van der Waals surface area contributed by atoms with Gasteiger partial charge in [-0.05, 0) is 63.7 Å². The van der Waals surface area contributed by atoms with Gasteiger partial charge in [0.25, 0.3) is 5.91 Å². The number of likely N-dealkylation sites (tertiary alicyclic amines) is 1. The first-order chi connectivity index (χ1) is 18.0. The highest BCUT2D eigenvalue weighted by Gasteiger charge is 2.52. The summed E-state index contributed by atoms with van der Waals surface area (Å²) in [6.07, 6.45) is 2.95. The standard InChI is InChI=1S/C27H44N6O6/c1-26(2,3)20(31-25(39)32-27(4,5)6)24(38)33-13-15-8-7-9-16(15)18(33)23(37)30-17(19(34)21(28)35)12-14-10-11-29-22(14)36/h14-18,20H,7-13H2,1-6H3,(H2,28,35)(H,29,36)(H,30,37)(H2,31,32,39)/t14-,15-,16-,17-,18-,20+/m0/s1. The fraction of sp³-hybridized carbons (Fsp3) is 0.778. The van der Waals surface area contributed by atoms with Crippen LogP contribution < -0.4 is 27.0 Å².